The summed E-state index contributed by atoms with van der Waals surface area (Å²) in [6.07, 6.45) is 1.89. The molecule has 3 N–H and O–H groups in total. The zero-order valence-electron chi connectivity index (χ0n) is 16.6. The predicted octanol–water partition coefficient (Wildman–Crippen LogP) is 0.0659. The molecule has 1 aromatic carbocycles. The van der Waals surface area contributed by atoms with Gasteiger partial charge < -0.3 is 20.4 Å². The molecule has 9 nitrogen and oxygen atoms in total. The molecule has 10 heteroatoms. The Kier molecular flexibility index (Phi) is 7.64. The third kappa shape index (κ3) is 6.38. The molecular weight excluding hydrogens is 382 g/mol. The van der Waals surface area contributed by atoms with Crippen molar-refractivity contribution in [2.45, 2.75) is 13.3 Å². The fraction of sp³-hybridized carbons (Fsp3) is 0.556. The summed E-state index contributed by atoms with van der Waals surface area (Å²) in [5.41, 5.74) is 1.40. The highest BCUT2D eigenvalue weighted by molar-refractivity contribution is 7.92. The lowest BCUT2D eigenvalue weighted by atomic mass is 10.1. The van der Waals surface area contributed by atoms with Crippen LogP contribution >= 0.6 is 0 Å². The number of benzene rings is 1. The Bertz CT molecular complexity index is 806. The molecule has 28 heavy (non-hydrogen) atoms. The Morgan fingerprint density at radius 3 is 2.54 bits per heavy atom. The van der Waals surface area contributed by atoms with E-state index in [9.17, 15) is 18.0 Å². The lowest BCUT2D eigenvalue weighted by molar-refractivity contribution is -0.121. The molecule has 2 rings (SSSR count). The minimum absolute atomic E-state index is 0.0623. The van der Waals surface area contributed by atoms with Crippen molar-refractivity contribution < 1.29 is 18.0 Å². The molecule has 1 saturated heterocycles. The van der Waals surface area contributed by atoms with Crippen LogP contribution in [0.1, 0.15) is 23.7 Å². The van der Waals surface area contributed by atoms with Crippen LogP contribution in [-0.4, -0.2) is 77.7 Å². The number of nitrogens with one attached hydrogen (secondary N) is 3. The van der Waals surface area contributed by atoms with E-state index >= 15 is 0 Å². The number of sulfonamides is 1. The molecule has 0 atom stereocenters. The Labute approximate surface area is 166 Å². The molecule has 0 saturated carbocycles. The van der Waals surface area contributed by atoms with Gasteiger partial charge in [-0.15, -0.1) is 0 Å². The first kappa shape index (κ1) is 22.0. The van der Waals surface area contributed by atoms with Crippen LogP contribution in [-0.2, 0) is 14.8 Å². The van der Waals surface area contributed by atoms with Gasteiger partial charge in [-0.1, -0.05) is 6.92 Å². The van der Waals surface area contributed by atoms with Gasteiger partial charge in [0, 0.05) is 45.3 Å². The number of amides is 2. The quantitative estimate of drug-likeness (QED) is 0.558. The summed E-state index contributed by atoms with van der Waals surface area (Å²) in [6, 6.07) is 4.94. The van der Waals surface area contributed by atoms with Crippen LogP contribution in [0, 0.1) is 0 Å². The van der Waals surface area contributed by atoms with E-state index < -0.39 is 10.0 Å². The average Bonchev–Trinajstić information content (AvgIpc) is 2.65. The fourth-order valence-electron chi connectivity index (χ4n) is 2.96. The zero-order chi connectivity index (χ0) is 20.7. The van der Waals surface area contributed by atoms with Gasteiger partial charge in [0.05, 0.1) is 24.2 Å². The molecule has 0 spiro atoms. The van der Waals surface area contributed by atoms with Crippen molar-refractivity contribution in [1.29, 1.82) is 0 Å². The van der Waals surface area contributed by atoms with E-state index in [1.54, 1.807) is 19.2 Å². The van der Waals surface area contributed by atoms with E-state index in [1.165, 1.54) is 11.0 Å². The minimum Gasteiger partial charge on any atom is -0.367 e. The van der Waals surface area contributed by atoms with Gasteiger partial charge in [0.2, 0.25) is 15.9 Å². The van der Waals surface area contributed by atoms with Crippen LogP contribution in [0.2, 0.25) is 0 Å². The Hall–Kier alpha value is -2.33. The van der Waals surface area contributed by atoms with E-state index in [0.29, 0.717) is 17.8 Å². The number of hydrogen-bond acceptors (Lipinski definition) is 6. The largest absolute Gasteiger partial charge is 0.367 e. The number of piperazine rings is 1. The first-order chi connectivity index (χ1) is 13.2. The second-order valence-corrected chi connectivity index (χ2v) is 8.60. The van der Waals surface area contributed by atoms with E-state index in [-0.39, 0.29) is 18.4 Å². The van der Waals surface area contributed by atoms with Crippen molar-refractivity contribution >= 4 is 33.2 Å². The van der Waals surface area contributed by atoms with E-state index in [1.807, 2.05) is 6.92 Å². The number of anilines is 2. The summed E-state index contributed by atoms with van der Waals surface area (Å²) in [7, 11) is -1.97. The maximum absolute atomic E-state index is 12.7. The second kappa shape index (κ2) is 9.74. The van der Waals surface area contributed by atoms with Gasteiger partial charge in [-0.25, -0.2) is 8.42 Å². The topological polar surface area (TPSA) is 111 Å². The highest BCUT2D eigenvalue weighted by atomic mass is 32.2. The lowest BCUT2D eigenvalue weighted by Crippen LogP contribution is -2.44. The number of likely N-dealkylation sites (N-methyl/N-ethyl adjacent to an activating group) is 1. The van der Waals surface area contributed by atoms with Crippen LogP contribution in [0.5, 0.6) is 0 Å². The van der Waals surface area contributed by atoms with Gasteiger partial charge in [-0.2, -0.15) is 0 Å². The number of rotatable bonds is 8. The monoisotopic (exact) mass is 411 g/mol. The summed E-state index contributed by atoms with van der Waals surface area (Å²) in [5, 5.41) is 5.98. The van der Waals surface area contributed by atoms with Crippen molar-refractivity contribution in [3.05, 3.63) is 23.8 Å². The molecule has 0 aromatic heterocycles. The maximum Gasteiger partial charge on any atom is 0.254 e. The van der Waals surface area contributed by atoms with Gasteiger partial charge in [-0.3, -0.25) is 14.3 Å². The van der Waals surface area contributed by atoms with Crippen molar-refractivity contribution in [3.8, 4) is 0 Å². The molecule has 1 aliphatic heterocycles. The molecule has 1 fully saturated rings. The van der Waals surface area contributed by atoms with E-state index in [0.717, 1.165) is 44.5 Å². The first-order valence-corrected chi connectivity index (χ1v) is 11.2. The molecule has 2 amide bonds. The molecule has 0 radical (unpaired) electrons. The van der Waals surface area contributed by atoms with Crippen LogP contribution < -0.4 is 20.3 Å². The van der Waals surface area contributed by atoms with Crippen LogP contribution in [0.15, 0.2) is 18.2 Å². The molecule has 1 aromatic rings. The Morgan fingerprint density at radius 1 is 1.25 bits per heavy atom. The summed E-state index contributed by atoms with van der Waals surface area (Å²) in [5.74, 6) is -0.584. The lowest BCUT2D eigenvalue weighted by Gasteiger charge is -2.31. The van der Waals surface area contributed by atoms with Gasteiger partial charge in [0.25, 0.3) is 5.91 Å². The van der Waals surface area contributed by atoms with Crippen molar-refractivity contribution in [3.63, 3.8) is 0 Å². The first-order valence-electron chi connectivity index (χ1n) is 9.31. The summed E-state index contributed by atoms with van der Waals surface area (Å²) >= 11 is 0. The highest BCUT2D eigenvalue weighted by Gasteiger charge is 2.20. The minimum atomic E-state index is -3.51. The summed E-state index contributed by atoms with van der Waals surface area (Å²) in [6.45, 7) is 5.52. The average molecular weight is 412 g/mol. The molecule has 156 valence electrons. The standard InChI is InChI=1S/C18H29N5O4S/c1-4-7-20-17(24)13-22(2)18(25)14-5-6-16(23-10-8-19-9-11-23)15(12-14)21-28(3,26)27/h5-6,12,19,21H,4,7-11,13H2,1-3H3,(H,20,24). The van der Waals surface area contributed by atoms with E-state index in [2.05, 4.69) is 20.3 Å². The molecule has 0 unspecified atom stereocenters. The molecule has 1 heterocycles. The van der Waals surface area contributed by atoms with Crippen molar-refractivity contribution in [2.75, 3.05) is 62.2 Å². The van der Waals surface area contributed by atoms with Crippen molar-refractivity contribution in [1.82, 2.24) is 15.5 Å². The van der Waals surface area contributed by atoms with Gasteiger partial charge in [0.15, 0.2) is 0 Å². The van der Waals surface area contributed by atoms with Crippen LogP contribution in [0.3, 0.4) is 0 Å². The highest BCUT2D eigenvalue weighted by Crippen LogP contribution is 2.29. The zero-order valence-corrected chi connectivity index (χ0v) is 17.4. The Morgan fingerprint density at radius 2 is 1.93 bits per heavy atom. The summed E-state index contributed by atoms with van der Waals surface area (Å²) < 4.78 is 26.1. The van der Waals surface area contributed by atoms with E-state index in [4.69, 9.17) is 0 Å². The number of hydrogen-bond donors (Lipinski definition) is 3. The van der Waals surface area contributed by atoms with Gasteiger partial charge in [0.1, 0.15) is 0 Å². The van der Waals surface area contributed by atoms with Crippen molar-refractivity contribution in [2.24, 2.45) is 0 Å². The number of nitrogens with zero attached hydrogens (tertiary/aromatic N) is 2. The third-order valence-corrected chi connectivity index (χ3v) is 4.89. The Balaban J connectivity index is 2.23. The predicted molar refractivity (Wildman–Crippen MR) is 110 cm³/mol. The van der Waals surface area contributed by atoms with Crippen LogP contribution in [0.4, 0.5) is 11.4 Å². The fourth-order valence-corrected chi connectivity index (χ4v) is 3.52. The van der Waals surface area contributed by atoms with Crippen LogP contribution in [0.25, 0.3) is 0 Å². The molecule has 0 bridgehead atoms. The summed E-state index contributed by atoms with van der Waals surface area (Å²) in [4.78, 5) is 27.9. The van der Waals surface area contributed by atoms with Gasteiger partial charge >= 0.3 is 0 Å². The molecule has 0 aliphatic carbocycles. The molecular formula is C18H29N5O4S. The SMILES string of the molecule is CCCNC(=O)CN(C)C(=O)c1ccc(N2CCNCC2)c(NS(C)(=O)=O)c1. The molecule has 1 aliphatic rings. The normalized spacial score (nSPS) is 14.5. The number of carbonyl (C=O) groups excluding carboxylic acids is 2. The second-order valence-electron chi connectivity index (χ2n) is 6.85. The maximum atomic E-state index is 12.7. The third-order valence-electron chi connectivity index (χ3n) is 4.30. The number of carbonyl (C=O) groups is 2. The smallest absolute Gasteiger partial charge is 0.254 e. The van der Waals surface area contributed by atoms with Gasteiger partial charge in [-0.05, 0) is 24.6 Å².